The number of alkyl halides is 1. The molecule has 0 fully saturated rings. The van der Waals surface area contributed by atoms with Gasteiger partial charge in [-0.2, -0.15) is 0 Å². The largest absolute Gasteiger partial charge is 0.294 e. The predicted molar refractivity (Wildman–Crippen MR) is 67.9 cm³/mol. The summed E-state index contributed by atoms with van der Waals surface area (Å²) in [6.07, 6.45) is 0.564. The third kappa shape index (κ3) is 3.45. The average molecular weight is 269 g/mol. The van der Waals surface area contributed by atoms with Gasteiger partial charge in [-0.15, -0.1) is 0 Å². The highest BCUT2D eigenvalue weighted by molar-refractivity contribution is 9.09. The topological polar surface area (TPSA) is 17.1 Å². The Kier molecular flexibility index (Phi) is 4.09. The minimum Gasteiger partial charge on any atom is -0.294 e. The van der Waals surface area contributed by atoms with Crippen LogP contribution in [0.3, 0.4) is 0 Å². The molecule has 0 unspecified atom stereocenters. The second kappa shape index (κ2) is 4.93. The van der Waals surface area contributed by atoms with Gasteiger partial charge in [0.1, 0.15) is 0 Å². The van der Waals surface area contributed by atoms with Crippen molar-refractivity contribution in [3.05, 3.63) is 35.4 Å². The fraction of sp³-hybridized carbons (Fsp3) is 0.462. The van der Waals surface area contributed by atoms with Gasteiger partial charge in [0.05, 0.1) is 0 Å². The zero-order valence-electron chi connectivity index (χ0n) is 9.51. The first-order valence-corrected chi connectivity index (χ1v) is 6.27. The normalized spacial score (nSPS) is 11.5. The van der Waals surface area contributed by atoms with E-state index >= 15 is 0 Å². The molecular formula is C13H17BrO. The third-order valence-corrected chi connectivity index (χ3v) is 2.79. The molecule has 1 rings (SSSR count). The van der Waals surface area contributed by atoms with Gasteiger partial charge in [-0.1, -0.05) is 61.0 Å². The molecule has 0 atom stereocenters. The van der Waals surface area contributed by atoms with Crippen LogP contribution in [-0.4, -0.2) is 11.1 Å². The Balaban J connectivity index is 2.86. The van der Waals surface area contributed by atoms with Crippen molar-refractivity contribution in [3.63, 3.8) is 0 Å². The molecule has 2 heteroatoms. The van der Waals surface area contributed by atoms with Crippen molar-refractivity contribution in [1.82, 2.24) is 0 Å². The lowest BCUT2D eigenvalue weighted by Gasteiger charge is -2.18. The zero-order valence-corrected chi connectivity index (χ0v) is 11.1. The Morgan fingerprint density at radius 3 is 2.13 bits per heavy atom. The fourth-order valence-electron chi connectivity index (χ4n) is 1.39. The summed E-state index contributed by atoms with van der Waals surface area (Å²) in [6.45, 7) is 6.51. The van der Waals surface area contributed by atoms with Gasteiger partial charge < -0.3 is 0 Å². The number of rotatable bonds is 3. The van der Waals surface area contributed by atoms with Crippen LogP contribution in [0.5, 0.6) is 0 Å². The first-order chi connectivity index (χ1) is 6.95. The van der Waals surface area contributed by atoms with Crippen molar-refractivity contribution >= 4 is 21.7 Å². The molecule has 0 aliphatic heterocycles. The second-order valence-electron chi connectivity index (χ2n) is 4.69. The van der Waals surface area contributed by atoms with Crippen LogP contribution in [0, 0.1) is 0 Å². The Bertz CT molecular complexity index is 333. The summed E-state index contributed by atoms with van der Waals surface area (Å²) in [4.78, 5) is 11.6. The molecule has 0 saturated heterocycles. The van der Waals surface area contributed by atoms with Gasteiger partial charge in [-0.25, -0.2) is 0 Å². The molecule has 82 valence electrons. The van der Waals surface area contributed by atoms with Crippen LogP contribution in [0.25, 0.3) is 0 Å². The molecule has 0 bridgehead atoms. The van der Waals surface area contributed by atoms with Crippen LogP contribution in [0.4, 0.5) is 0 Å². The van der Waals surface area contributed by atoms with E-state index in [9.17, 15) is 4.79 Å². The van der Waals surface area contributed by atoms with E-state index in [2.05, 4.69) is 36.7 Å². The quantitative estimate of drug-likeness (QED) is 0.599. The lowest BCUT2D eigenvalue weighted by atomic mass is 9.86. The maximum absolute atomic E-state index is 11.6. The molecule has 1 aromatic rings. The molecule has 0 aliphatic rings. The van der Waals surface area contributed by atoms with E-state index in [0.717, 1.165) is 10.9 Å². The number of halogens is 1. The standard InChI is InChI=1S/C13H17BrO/c1-13(2,3)11-6-4-10(5-7-11)12(15)8-9-14/h4-7H,8-9H2,1-3H3. The molecule has 0 aliphatic carbocycles. The van der Waals surface area contributed by atoms with Crippen LogP contribution in [0.2, 0.25) is 0 Å². The maximum Gasteiger partial charge on any atom is 0.163 e. The van der Waals surface area contributed by atoms with Crippen LogP contribution in [0.1, 0.15) is 43.1 Å². The fourth-order valence-corrected chi connectivity index (χ4v) is 1.75. The maximum atomic E-state index is 11.6. The van der Waals surface area contributed by atoms with E-state index in [1.165, 1.54) is 5.56 Å². The summed E-state index contributed by atoms with van der Waals surface area (Å²) in [5.41, 5.74) is 2.22. The van der Waals surface area contributed by atoms with Gasteiger partial charge in [0.15, 0.2) is 5.78 Å². The van der Waals surface area contributed by atoms with Crippen molar-refractivity contribution in [2.75, 3.05) is 5.33 Å². The smallest absolute Gasteiger partial charge is 0.163 e. The summed E-state index contributed by atoms with van der Waals surface area (Å²) in [5.74, 6) is 0.201. The van der Waals surface area contributed by atoms with Crippen molar-refractivity contribution < 1.29 is 4.79 Å². The summed E-state index contributed by atoms with van der Waals surface area (Å²) >= 11 is 3.27. The number of hydrogen-bond donors (Lipinski definition) is 0. The van der Waals surface area contributed by atoms with Gasteiger partial charge in [-0.05, 0) is 11.0 Å². The van der Waals surface area contributed by atoms with E-state index in [1.807, 2.05) is 24.3 Å². The predicted octanol–water partition coefficient (Wildman–Crippen LogP) is 3.95. The van der Waals surface area contributed by atoms with E-state index in [4.69, 9.17) is 0 Å². The minimum atomic E-state index is 0.150. The molecule has 1 aromatic carbocycles. The molecule has 0 aromatic heterocycles. The summed E-state index contributed by atoms with van der Waals surface area (Å²) in [7, 11) is 0. The van der Waals surface area contributed by atoms with E-state index in [-0.39, 0.29) is 11.2 Å². The highest BCUT2D eigenvalue weighted by atomic mass is 79.9. The van der Waals surface area contributed by atoms with E-state index in [0.29, 0.717) is 6.42 Å². The molecule has 0 spiro atoms. The molecule has 0 radical (unpaired) electrons. The van der Waals surface area contributed by atoms with Crippen molar-refractivity contribution in [3.8, 4) is 0 Å². The van der Waals surface area contributed by atoms with Gasteiger partial charge in [-0.3, -0.25) is 4.79 Å². The highest BCUT2D eigenvalue weighted by Crippen LogP contribution is 2.22. The van der Waals surface area contributed by atoms with Crippen molar-refractivity contribution in [2.45, 2.75) is 32.6 Å². The van der Waals surface area contributed by atoms with Crippen LogP contribution >= 0.6 is 15.9 Å². The molecule has 15 heavy (non-hydrogen) atoms. The number of hydrogen-bond acceptors (Lipinski definition) is 1. The van der Waals surface area contributed by atoms with Gasteiger partial charge in [0.2, 0.25) is 0 Å². The van der Waals surface area contributed by atoms with Gasteiger partial charge in [0, 0.05) is 17.3 Å². The monoisotopic (exact) mass is 268 g/mol. The lowest BCUT2D eigenvalue weighted by Crippen LogP contribution is -2.11. The van der Waals surface area contributed by atoms with Crippen LogP contribution < -0.4 is 0 Å². The first kappa shape index (κ1) is 12.4. The molecule has 1 nitrogen and oxygen atoms in total. The second-order valence-corrected chi connectivity index (χ2v) is 5.48. The zero-order chi connectivity index (χ0) is 11.5. The molecular weight excluding hydrogens is 252 g/mol. The Hall–Kier alpha value is -0.630. The summed E-state index contributed by atoms with van der Waals surface area (Å²) in [6, 6.07) is 7.93. The molecule has 0 amide bonds. The van der Waals surface area contributed by atoms with Crippen LogP contribution in [0.15, 0.2) is 24.3 Å². The van der Waals surface area contributed by atoms with E-state index in [1.54, 1.807) is 0 Å². The van der Waals surface area contributed by atoms with Crippen molar-refractivity contribution in [1.29, 1.82) is 0 Å². The number of carbonyl (C=O) groups is 1. The van der Waals surface area contributed by atoms with Crippen LogP contribution in [-0.2, 0) is 5.41 Å². The van der Waals surface area contributed by atoms with Gasteiger partial charge >= 0.3 is 0 Å². The summed E-state index contributed by atoms with van der Waals surface area (Å²) < 4.78 is 0. The van der Waals surface area contributed by atoms with Gasteiger partial charge in [0.25, 0.3) is 0 Å². The Morgan fingerprint density at radius 1 is 1.20 bits per heavy atom. The Morgan fingerprint density at radius 2 is 1.73 bits per heavy atom. The minimum absolute atomic E-state index is 0.150. The molecule has 0 heterocycles. The molecule has 0 saturated carbocycles. The SMILES string of the molecule is CC(C)(C)c1ccc(C(=O)CCBr)cc1. The van der Waals surface area contributed by atoms with Crippen molar-refractivity contribution in [2.24, 2.45) is 0 Å². The lowest BCUT2D eigenvalue weighted by molar-refractivity contribution is 0.0990. The molecule has 0 N–H and O–H groups in total. The first-order valence-electron chi connectivity index (χ1n) is 5.15. The van der Waals surface area contributed by atoms with E-state index < -0.39 is 0 Å². The third-order valence-electron chi connectivity index (χ3n) is 2.39. The number of ketones is 1. The number of benzene rings is 1. The average Bonchev–Trinajstić information content (AvgIpc) is 2.17. The number of carbonyl (C=O) groups excluding carboxylic acids is 1. The Labute approximate surface area is 100 Å². The highest BCUT2D eigenvalue weighted by Gasteiger charge is 2.13. The summed E-state index contributed by atoms with van der Waals surface area (Å²) in [5, 5.41) is 0.729. The number of Topliss-reactive ketones (excluding diaryl/α,β-unsaturated/α-hetero) is 1.